The summed E-state index contributed by atoms with van der Waals surface area (Å²) in [5.41, 5.74) is -0.178. The maximum Gasteiger partial charge on any atom is 0.416 e. The van der Waals surface area contributed by atoms with E-state index in [0.717, 1.165) is 17.7 Å². The molecule has 4 rings (SSSR count). The van der Waals surface area contributed by atoms with Crippen molar-refractivity contribution in [1.82, 2.24) is 10.1 Å². The van der Waals surface area contributed by atoms with Crippen LogP contribution in [-0.4, -0.2) is 18.6 Å². The van der Waals surface area contributed by atoms with Crippen LogP contribution < -0.4 is 5.14 Å². The summed E-state index contributed by atoms with van der Waals surface area (Å²) in [7, 11) is -4.04. The minimum absolute atomic E-state index is 0.0500. The molecule has 10 heteroatoms. The van der Waals surface area contributed by atoms with Crippen molar-refractivity contribution < 1.29 is 26.1 Å². The molecule has 0 atom stereocenters. The molecule has 0 spiro atoms. The Kier molecular flexibility index (Phi) is 4.32. The van der Waals surface area contributed by atoms with E-state index < -0.39 is 27.2 Å². The number of halogens is 3. The second-order valence-corrected chi connectivity index (χ2v) is 8.66. The fourth-order valence-electron chi connectivity index (χ4n) is 3.35. The van der Waals surface area contributed by atoms with Crippen LogP contribution in [0.4, 0.5) is 13.2 Å². The number of sulfonamides is 1. The molecule has 1 aliphatic rings. The van der Waals surface area contributed by atoms with Gasteiger partial charge in [0.2, 0.25) is 10.0 Å². The zero-order valence-electron chi connectivity index (χ0n) is 15.2. The highest BCUT2D eigenvalue weighted by atomic mass is 32.2. The van der Waals surface area contributed by atoms with E-state index in [4.69, 9.17) is 9.66 Å². The average molecular weight is 423 g/mol. The Morgan fingerprint density at radius 2 is 1.86 bits per heavy atom. The number of benzene rings is 2. The number of nitrogens with zero attached hydrogens (tertiary/aromatic N) is 2. The minimum Gasteiger partial charge on any atom is -0.334 e. The van der Waals surface area contributed by atoms with Crippen molar-refractivity contribution in [2.45, 2.75) is 36.3 Å². The lowest BCUT2D eigenvalue weighted by Crippen LogP contribution is -2.14. The molecule has 0 radical (unpaired) electrons. The van der Waals surface area contributed by atoms with Crippen LogP contribution in [0.25, 0.3) is 11.5 Å². The maximum atomic E-state index is 13.1. The van der Waals surface area contributed by atoms with Crippen molar-refractivity contribution in [3.05, 3.63) is 65.0 Å². The van der Waals surface area contributed by atoms with Gasteiger partial charge in [0, 0.05) is 0 Å². The molecule has 1 heterocycles. The minimum atomic E-state index is -4.46. The first-order chi connectivity index (χ1) is 13.5. The van der Waals surface area contributed by atoms with Gasteiger partial charge in [-0.25, -0.2) is 13.6 Å². The number of aromatic nitrogens is 2. The summed E-state index contributed by atoms with van der Waals surface area (Å²) in [4.78, 5) is 4.15. The van der Waals surface area contributed by atoms with Gasteiger partial charge >= 0.3 is 6.18 Å². The average Bonchev–Trinajstić information content (AvgIpc) is 3.30. The van der Waals surface area contributed by atoms with Crippen molar-refractivity contribution in [3.8, 4) is 11.5 Å². The van der Waals surface area contributed by atoms with Crippen LogP contribution in [0.3, 0.4) is 0 Å². The number of hydrogen-bond donors (Lipinski definition) is 1. The number of primary sulfonamides is 1. The Morgan fingerprint density at radius 3 is 2.48 bits per heavy atom. The van der Waals surface area contributed by atoms with Gasteiger partial charge in [0.25, 0.3) is 5.89 Å². The quantitative estimate of drug-likeness (QED) is 0.688. The molecule has 1 saturated carbocycles. The Hall–Kier alpha value is -2.72. The first kappa shape index (κ1) is 19.6. The molecule has 1 fully saturated rings. The number of nitrogens with two attached hydrogens (primary N) is 1. The summed E-state index contributed by atoms with van der Waals surface area (Å²) < 4.78 is 68.3. The van der Waals surface area contributed by atoms with Gasteiger partial charge in [-0.15, -0.1) is 0 Å². The van der Waals surface area contributed by atoms with Gasteiger partial charge in [-0.3, -0.25) is 0 Å². The van der Waals surface area contributed by atoms with E-state index in [1.54, 1.807) is 25.1 Å². The molecular formula is C19H16F3N3O3S. The lowest BCUT2D eigenvalue weighted by molar-refractivity contribution is -0.137. The molecule has 152 valence electrons. The predicted octanol–water partition coefficient (Wildman–Crippen LogP) is 3.79. The van der Waals surface area contributed by atoms with E-state index in [0.29, 0.717) is 18.4 Å². The van der Waals surface area contributed by atoms with Gasteiger partial charge in [0.05, 0.1) is 21.4 Å². The summed E-state index contributed by atoms with van der Waals surface area (Å²) in [6, 6.07) is 9.54. The van der Waals surface area contributed by atoms with Crippen LogP contribution in [0.1, 0.15) is 35.4 Å². The summed E-state index contributed by atoms with van der Waals surface area (Å²) in [5.74, 6) is 0.166. The number of rotatable bonds is 4. The predicted molar refractivity (Wildman–Crippen MR) is 97.3 cm³/mol. The standard InChI is InChI=1S/C19H16F3N3O3S/c1-11-5-6-15(29(23,26)27)14(9-11)16-24-17(25-28-16)18(7-8-18)12-3-2-4-13(10-12)19(20,21)22/h2-6,9-10H,7-8H2,1H3,(H2,23,26,27). The lowest BCUT2D eigenvalue weighted by Gasteiger charge is -2.14. The number of hydrogen-bond acceptors (Lipinski definition) is 5. The van der Waals surface area contributed by atoms with E-state index in [2.05, 4.69) is 10.1 Å². The SMILES string of the molecule is Cc1ccc(S(N)(=O)=O)c(-c2nc(C3(c4cccc(C(F)(F)F)c4)CC3)no2)c1. The van der Waals surface area contributed by atoms with Crippen LogP contribution in [0.5, 0.6) is 0 Å². The smallest absolute Gasteiger partial charge is 0.334 e. The summed E-state index contributed by atoms with van der Waals surface area (Å²) >= 11 is 0. The Morgan fingerprint density at radius 1 is 1.14 bits per heavy atom. The monoisotopic (exact) mass is 423 g/mol. The summed E-state index contributed by atoms with van der Waals surface area (Å²) in [5, 5.41) is 9.22. The van der Waals surface area contributed by atoms with Crippen LogP contribution in [-0.2, 0) is 21.6 Å². The molecule has 0 saturated heterocycles. The molecule has 0 unspecified atom stereocenters. The van der Waals surface area contributed by atoms with E-state index >= 15 is 0 Å². The van der Waals surface area contributed by atoms with Crippen molar-refractivity contribution >= 4 is 10.0 Å². The first-order valence-corrected chi connectivity index (χ1v) is 10.2. The Balaban J connectivity index is 1.78. The van der Waals surface area contributed by atoms with Crippen molar-refractivity contribution in [3.63, 3.8) is 0 Å². The van der Waals surface area contributed by atoms with Crippen molar-refractivity contribution in [2.75, 3.05) is 0 Å². The Labute approximate surface area is 164 Å². The molecule has 0 aliphatic heterocycles. The Bertz CT molecular complexity index is 1200. The third-order valence-corrected chi connectivity index (χ3v) is 5.99. The molecule has 0 bridgehead atoms. The summed E-state index contributed by atoms with van der Waals surface area (Å²) in [6.07, 6.45) is -3.34. The third-order valence-electron chi connectivity index (χ3n) is 5.02. The zero-order chi connectivity index (χ0) is 21.0. The second-order valence-electron chi connectivity index (χ2n) is 7.13. The fourth-order valence-corrected chi connectivity index (χ4v) is 4.06. The molecule has 3 aromatic rings. The van der Waals surface area contributed by atoms with E-state index in [9.17, 15) is 21.6 Å². The van der Waals surface area contributed by atoms with Gasteiger partial charge in [-0.2, -0.15) is 18.2 Å². The van der Waals surface area contributed by atoms with E-state index in [1.807, 2.05) is 0 Å². The second kappa shape index (κ2) is 6.39. The third kappa shape index (κ3) is 3.53. The van der Waals surface area contributed by atoms with Gasteiger partial charge in [0.1, 0.15) is 0 Å². The molecule has 1 aromatic heterocycles. The van der Waals surface area contributed by atoms with Gasteiger partial charge in [0.15, 0.2) is 5.82 Å². The van der Waals surface area contributed by atoms with E-state index in [-0.39, 0.29) is 22.2 Å². The highest BCUT2D eigenvalue weighted by Crippen LogP contribution is 2.53. The molecular weight excluding hydrogens is 407 g/mol. The molecule has 6 nitrogen and oxygen atoms in total. The van der Waals surface area contributed by atoms with Gasteiger partial charge < -0.3 is 4.52 Å². The van der Waals surface area contributed by atoms with Crippen LogP contribution >= 0.6 is 0 Å². The van der Waals surface area contributed by atoms with Gasteiger partial charge in [-0.1, -0.05) is 35.0 Å². The number of aryl methyl sites for hydroxylation is 1. The lowest BCUT2D eigenvalue weighted by atomic mass is 9.93. The molecule has 0 amide bonds. The van der Waals surface area contributed by atoms with Crippen LogP contribution in [0.15, 0.2) is 51.9 Å². The zero-order valence-corrected chi connectivity index (χ0v) is 16.0. The van der Waals surface area contributed by atoms with E-state index in [1.165, 1.54) is 12.1 Å². The molecule has 2 N–H and O–H groups in total. The highest BCUT2D eigenvalue weighted by molar-refractivity contribution is 7.89. The molecule has 29 heavy (non-hydrogen) atoms. The highest BCUT2D eigenvalue weighted by Gasteiger charge is 2.50. The molecule has 2 aromatic carbocycles. The number of alkyl halides is 3. The van der Waals surface area contributed by atoms with Crippen molar-refractivity contribution in [1.29, 1.82) is 0 Å². The normalized spacial score (nSPS) is 16.0. The topological polar surface area (TPSA) is 99.1 Å². The summed E-state index contributed by atoms with van der Waals surface area (Å²) in [6.45, 7) is 1.76. The maximum absolute atomic E-state index is 13.1. The van der Waals surface area contributed by atoms with Crippen LogP contribution in [0.2, 0.25) is 0 Å². The van der Waals surface area contributed by atoms with Gasteiger partial charge in [-0.05, 0) is 43.5 Å². The molecule has 1 aliphatic carbocycles. The van der Waals surface area contributed by atoms with Crippen molar-refractivity contribution in [2.24, 2.45) is 5.14 Å². The van der Waals surface area contributed by atoms with Crippen LogP contribution in [0, 0.1) is 6.92 Å². The largest absolute Gasteiger partial charge is 0.416 e. The fraction of sp³-hybridized carbons (Fsp3) is 0.263. The first-order valence-electron chi connectivity index (χ1n) is 8.66.